The Balaban J connectivity index is 2.10. The number of alkyl halides is 3. The molecule has 0 fully saturated rings. The Hall–Kier alpha value is -2.38. The second-order valence-corrected chi connectivity index (χ2v) is 3.79. The quantitative estimate of drug-likeness (QED) is 0.624. The van der Waals surface area contributed by atoms with Crippen molar-refractivity contribution in [3.63, 3.8) is 0 Å². The standard InChI is InChI=1S/C12H9F3N2O3/c13-12(14,15)9-3-1-8(2-4-9)11-17-16-10(20-11)5-6-19-7-18/h1-4,7H,5-6H2. The number of nitrogens with zero attached hydrogens (tertiary/aromatic N) is 2. The fourth-order valence-electron chi connectivity index (χ4n) is 1.47. The molecule has 0 atom stereocenters. The van der Waals surface area contributed by atoms with E-state index in [0.29, 0.717) is 12.0 Å². The minimum absolute atomic E-state index is 0.0954. The third-order valence-corrected chi connectivity index (χ3v) is 2.43. The van der Waals surface area contributed by atoms with Gasteiger partial charge in [-0.05, 0) is 24.3 Å². The third-order valence-electron chi connectivity index (χ3n) is 2.43. The van der Waals surface area contributed by atoms with Crippen LogP contribution < -0.4 is 0 Å². The summed E-state index contributed by atoms with van der Waals surface area (Å²) in [6.45, 7) is 0.394. The molecule has 1 aromatic carbocycles. The molecule has 0 bridgehead atoms. The van der Waals surface area contributed by atoms with Gasteiger partial charge in [-0.15, -0.1) is 10.2 Å². The summed E-state index contributed by atoms with van der Waals surface area (Å²) in [6, 6.07) is 4.38. The normalized spacial score (nSPS) is 11.3. The van der Waals surface area contributed by atoms with Crippen LogP contribution in [-0.2, 0) is 22.1 Å². The van der Waals surface area contributed by atoms with Crippen molar-refractivity contribution in [1.29, 1.82) is 0 Å². The highest BCUT2D eigenvalue weighted by atomic mass is 19.4. The Bertz CT molecular complexity index is 578. The first-order valence-corrected chi connectivity index (χ1v) is 5.56. The Labute approximate surface area is 111 Å². The summed E-state index contributed by atoms with van der Waals surface area (Å²) in [6.07, 6.45) is -4.14. The van der Waals surface area contributed by atoms with Gasteiger partial charge in [0.05, 0.1) is 18.6 Å². The number of aromatic nitrogens is 2. The molecule has 0 radical (unpaired) electrons. The van der Waals surface area contributed by atoms with Crippen molar-refractivity contribution in [2.45, 2.75) is 12.6 Å². The number of halogens is 3. The lowest BCUT2D eigenvalue weighted by molar-refractivity contribution is -0.137. The molecule has 0 saturated heterocycles. The summed E-state index contributed by atoms with van der Waals surface area (Å²) >= 11 is 0. The van der Waals surface area contributed by atoms with Crippen LogP contribution in [0.4, 0.5) is 13.2 Å². The molecule has 5 nitrogen and oxygen atoms in total. The lowest BCUT2D eigenvalue weighted by Crippen LogP contribution is -2.03. The molecular weight excluding hydrogens is 277 g/mol. The third kappa shape index (κ3) is 3.34. The van der Waals surface area contributed by atoms with Crippen LogP contribution in [0.3, 0.4) is 0 Å². The fourth-order valence-corrected chi connectivity index (χ4v) is 1.47. The van der Waals surface area contributed by atoms with E-state index in [2.05, 4.69) is 14.9 Å². The number of hydrogen-bond donors (Lipinski definition) is 0. The average Bonchev–Trinajstić information content (AvgIpc) is 2.87. The van der Waals surface area contributed by atoms with Gasteiger partial charge in [-0.3, -0.25) is 4.79 Å². The number of benzene rings is 1. The van der Waals surface area contributed by atoms with E-state index >= 15 is 0 Å². The van der Waals surface area contributed by atoms with E-state index in [1.807, 2.05) is 0 Å². The van der Waals surface area contributed by atoms with E-state index in [1.165, 1.54) is 12.1 Å². The van der Waals surface area contributed by atoms with Gasteiger partial charge >= 0.3 is 6.18 Å². The topological polar surface area (TPSA) is 65.2 Å². The molecule has 20 heavy (non-hydrogen) atoms. The summed E-state index contributed by atoms with van der Waals surface area (Å²) in [5, 5.41) is 7.42. The SMILES string of the molecule is O=COCCc1nnc(-c2ccc(C(F)(F)F)cc2)o1. The van der Waals surface area contributed by atoms with Gasteiger partial charge in [0.15, 0.2) is 0 Å². The van der Waals surface area contributed by atoms with Gasteiger partial charge in [0.2, 0.25) is 11.8 Å². The maximum atomic E-state index is 12.4. The van der Waals surface area contributed by atoms with E-state index < -0.39 is 11.7 Å². The number of rotatable bonds is 5. The number of ether oxygens (including phenoxy) is 1. The Morgan fingerprint density at radius 3 is 2.50 bits per heavy atom. The molecule has 0 unspecified atom stereocenters. The molecule has 0 aliphatic heterocycles. The first kappa shape index (κ1) is 14.0. The summed E-state index contributed by atoms with van der Waals surface area (Å²) < 4.78 is 46.9. The van der Waals surface area contributed by atoms with Crippen LogP contribution in [0, 0.1) is 0 Å². The number of carbonyl (C=O) groups excluding carboxylic acids is 1. The van der Waals surface area contributed by atoms with Gasteiger partial charge in [-0.1, -0.05) is 0 Å². The second kappa shape index (κ2) is 5.72. The van der Waals surface area contributed by atoms with Crippen LogP contribution in [0.25, 0.3) is 11.5 Å². The summed E-state index contributed by atoms with van der Waals surface area (Å²) in [5.41, 5.74) is -0.367. The molecule has 8 heteroatoms. The Morgan fingerprint density at radius 1 is 1.20 bits per heavy atom. The van der Waals surface area contributed by atoms with Gasteiger partial charge in [0, 0.05) is 5.56 Å². The largest absolute Gasteiger partial charge is 0.467 e. The van der Waals surface area contributed by atoms with Crippen LogP contribution in [0.5, 0.6) is 0 Å². The molecule has 0 amide bonds. The average molecular weight is 286 g/mol. The summed E-state index contributed by atoms with van der Waals surface area (Å²) in [7, 11) is 0. The molecule has 0 aliphatic carbocycles. The van der Waals surface area contributed by atoms with E-state index in [4.69, 9.17) is 4.42 Å². The van der Waals surface area contributed by atoms with Crippen molar-refractivity contribution in [3.05, 3.63) is 35.7 Å². The van der Waals surface area contributed by atoms with Crippen molar-refractivity contribution in [3.8, 4) is 11.5 Å². The van der Waals surface area contributed by atoms with E-state index in [9.17, 15) is 18.0 Å². The summed E-state index contributed by atoms with van der Waals surface area (Å²) in [4.78, 5) is 9.95. The van der Waals surface area contributed by atoms with Gasteiger partial charge in [-0.25, -0.2) is 0 Å². The maximum absolute atomic E-state index is 12.4. The van der Waals surface area contributed by atoms with E-state index in [0.717, 1.165) is 12.1 Å². The zero-order chi connectivity index (χ0) is 14.6. The van der Waals surface area contributed by atoms with Crippen molar-refractivity contribution in [1.82, 2.24) is 10.2 Å². The Morgan fingerprint density at radius 2 is 1.90 bits per heavy atom. The molecule has 2 aromatic rings. The van der Waals surface area contributed by atoms with Gasteiger partial charge in [0.25, 0.3) is 6.47 Å². The van der Waals surface area contributed by atoms with E-state index in [1.54, 1.807) is 0 Å². The highest BCUT2D eigenvalue weighted by Gasteiger charge is 2.30. The molecule has 0 spiro atoms. The molecule has 2 rings (SSSR count). The van der Waals surface area contributed by atoms with Crippen LogP contribution in [0.1, 0.15) is 11.5 Å². The minimum Gasteiger partial charge on any atom is -0.467 e. The zero-order valence-electron chi connectivity index (χ0n) is 10.1. The minimum atomic E-state index is -4.38. The number of hydrogen-bond acceptors (Lipinski definition) is 5. The first-order chi connectivity index (χ1) is 9.50. The molecule has 0 saturated carbocycles. The predicted molar refractivity (Wildman–Crippen MR) is 60.5 cm³/mol. The maximum Gasteiger partial charge on any atom is 0.416 e. The molecule has 0 aliphatic rings. The van der Waals surface area contributed by atoms with Crippen molar-refractivity contribution in [2.75, 3.05) is 6.61 Å². The smallest absolute Gasteiger partial charge is 0.416 e. The van der Waals surface area contributed by atoms with Crippen molar-refractivity contribution in [2.24, 2.45) is 0 Å². The van der Waals surface area contributed by atoms with Crippen LogP contribution in [0.15, 0.2) is 28.7 Å². The number of carbonyl (C=O) groups is 1. The first-order valence-electron chi connectivity index (χ1n) is 5.56. The van der Waals surface area contributed by atoms with E-state index in [-0.39, 0.29) is 24.8 Å². The molecule has 1 aromatic heterocycles. The lowest BCUT2D eigenvalue weighted by Gasteiger charge is -2.05. The molecule has 0 N–H and O–H groups in total. The monoisotopic (exact) mass is 286 g/mol. The molecule has 106 valence electrons. The van der Waals surface area contributed by atoms with Crippen LogP contribution in [0.2, 0.25) is 0 Å². The highest BCUT2D eigenvalue weighted by molar-refractivity contribution is 5.53. The van der Waals surface area contributed by atoms with Gasteiger partial charge in [-0.2, -0.15) is 13.2 Å². The zero-order valence-corrected chi connectivity index (χ0v) is 10.1. The Kier molecular flexibility index (Phi) is 4.02. The van der Waals surface area contributed by atoms with Gasteiger partial charge < -0.3 is 9.15 Å². The molecule has 1 heterocycles. The molecular formula is C12H9F3N2O3. The van der Waals surface area contributed by atoms with Gasteiger partial charge in [0.1, 0.15) is 0 Å². The summed E-state index contributed by atoms with van der Waals surface area (Å²) in [5.74, 6) is 0.349. The van der Waals surface area contributed by atoms with Crippen molar-refractivity contribution >= 4 is 6.47 Å². The highest BCUT2D eigenvalue weighted by Crippen LogP contribution is 2.30. The lowest BCUT2D eigenvalue weighted by atomic mass is 10.1. The second-order valence-electron chi connectivity index (χ2n) is 3.79. The van der Waals surface area contributed by atoms with Crippen molar-refractivity contribution < 1.29 is 27.1 Å². The van der Waals surface area contributed by atoms with Crippen LogP contribution >= 0.6 is 0 Å². The fraction of sp³-hybridized carbons (Fsp3) is 0.250. The predicted octanol–water partition coefficient (Wildman–Crippen LogP) is 2.47. The van der Waals surface area contributed by atoms with Crippen LogP contribution in [-0.4, -0.2) is 23.3 Å².